The van der Waals surface area contributed by atoms with Gasteiger partial charge in [0.2, 0.25) is 5.91 Å². The van der Waals surface area contributed by atoms with Gasteiger partial charge in [-0.3, -0.25) is 4.79 Å². The summed E-state index contributed by atoms with van der Waals surface area (Å²) in [4.78, 5) is 12.9. The van der Waals surface area contributed by atoms with Gasteiger partial charge in [0.1, 0.15) is 0 Å². The standard InChI is InChI=1S/C12H10BrF2NO/c1-2-7-5-10(17)16(6-7)9-4-3-8(13)11(14)12(9)15/h2-4,7H,1,5-6H2. The van der Waals surface area contributed by atoms with E-state index in [-0.39, 0.29) is 22.0 Å². The Morgan fingerprint density at radius 1 is 1.41 bits per heavy atom. The maximum absolute atomic E-state index is 13.7. The summed E-state index contributed by atoms with van der Waals surface area (Å²) >= 11 is 2.89. The van der Waals surface area contributed by atoms with Gasteiger partial charge >= 0.3 is 0 Å². The highest BCUT2D eigenvalue weighted by atomic mass is 79.9. The Morgan fingerprint density at radius 2 is 2.12 bits per heavy atom. The number of amides is 1. The molecular formula is C12H10BrF2NO. The Labute approximate surface area is 106 Å². The minimum atomic E-state index is -1.00. The predicted octanol–water partition coefficient (Wildman–Crippen LogP) is 3.27. The zero-order valence-electron chi connectivity index (χ0n) is 8.92. The summed E-state index contributed by atoms with van der Waals surface area (Å²) in [6, 6.07) is 2.79. The first-order valence-corrected chi connectivity index (χ1v) is 5.90. The van der Waals surface area contributed by atoms with E-state index in [1.165, 1.54) is 17.0 Å². The molecule has 90 valence electrons. The molecular weight excluding hydrogens is 292 g/mol. The SMILES string of the molecule is C=CC1CC(=O)N(c2ccc(Br)c(F)c2F)C1. The van der Waals surface area contributed by atoms with E-state index in [1.807, 2.05) is 0 Å². The van der Waals surface area contributed by atoms with E-state index >= 15 is 0 Å². The van der Waals surface area contributed by atoms with Gasteiger partial charge in [-0.15, -0.1) is 6.58 Å². The van der Waals surface area contributed by atoms with Crippen LogP contribution in [0.2, 0.25) is 0 Å². The molecule has 0 radical (unpaired) electrons. The molecule has 1 saturated heterocycles. The van der Waals surface area contributed by atoms with Gasteiger partial charge in [-0.25, -0.2) is 8.78 Å². The zero-order valence-corrected chi connectivity index (χ0v) is 10.5. The monoisotopic (exact) mass is 301 g/mol. The highest BCUT2D eigenvalue weighted by molar-refractivity contribution is 9.10. The molecule has 0 aromatic heterocycles. The summed E-state index contributed by atoms with van der Waals surface area (Å²) in [5.74, 6) is -2.20. The molecule has 5 heteroatoms. The van der Waals surface area contributed by atoms with Crippen molar-refractivity contribution >= 4 is 27.5 Å². The number of benzene rings is 1. The Bertz CT molecular complexity index is 490. The van der Waals surface area contributed by atoms with Crippen LogP contribution < -0.4 is 4.90 Å². The van der Waals surface area contributed by atoms with E-state index in [2.05, 4.69) is 22.5 Å². The smallest absolute Gasteiger partial charge is 0.227 e. The lowest BCUT2D eigenvalue weighted by molar-refractivity contribution is -0.117. The van der Waals surface area contributed by atoms with Crippen LogP contribution in [0.5, 0.6) is 0 Å². The van der Waals surface area contributed by atoms with E-state index in [4.69, 9.17) is 0 Å². The van der Waals surface area contributed by atoms with Crippen molar-refractivity contribution < 1.29 is 13.6 Å². The maximum Gasteiger partial charge on any atom is 0.227 e. The van der Waals surface area contributed by atoms with Crippen molar-refractivity contribution in [2.75, 3.05) is 11.4 Å². The van der Waals surface area contributed by atoms with Crippen molar-refractivity contribution in [1.82, 2.24) is 0 Å². The number of carbonyl (C=O) groups excluding carboxylic acids is 1. The van der Waals surface area contributed by atoms with Crippen LogP contribution in [0.3, 0.4) is 0 Å². The van der Waals surface area contributed by atoms with Gasteiger partial charge in [0, 0.05) is 18.9 Å². The van der Waals surface area contributed by atoms with Crippen molar-refractivity contribution in [3.63, 3.8) is 0 Å². The summed E-state index contributed by atoms with van der Waals surface area (Å²) in [6.07, 6.45) is 1.95. The second-order valence-corrected chi connectivity index (χ2v) is 4.75. The molecule has 0 N–H and O–H groups in total. The lowest BCUT2D eigenvalue weighted by Crippen LogP contribution is -2.25. The van der Waals surface area contributed by atoms with Gasteiger partial charge in [0.05, 0.1) is 10.2 Å². The number of carbonyl (C=O) groups is 1. The number of rotatable bonds is 2. The fraction of sp³-hybridized carbons (Fsp3) is 0.250. The molecule has 1 aliphatic heterocycles. The molecule has 1 fully saturated rings. The minimum absolute atomic E-state index is 0.00592. The lowest BCUT2D eigenvalue weighted by Gasteiger charge is -2.17. The third-order valence-corrected chi connectivity index (χ3v) is 3.41. The first kappa shape index (κ1) is 12.2. The fourth-order valence-electron chi connectivity index (χ4n) is 1.85. The number of hydrogen-bond acceptors (Lipinski definition) is 1. The van der Waals surface area contributed by atoms with Crippen LogP contribution in [0.25, 0.3) is 0 Å². The van der Waals surface area contributed by atoms with E-state index < -0.39 is 11.6 Å². The normalized spacial score (nSPS) is 19.8. The highest BCUT2D eigenvalue weighted by Gasteiger charge is 2.31. The van der Waals surface area contributed by atoms with Crippen LogP contribution in [-0.2, 0) is 4.79 Å². The van der Waals surface area contributed by atoms with Crippen molar-refractivity contribution in [1.29, 1.82) is 0 Å². The van der Waals surface area contributed by atoms with Crippen LogP contribution in [0.1, 0.15) is 6.42 Å². The largest absolute Gasteiger partial charge is 0.309 e. The molecule has 2 rings (SSSR count). The molecule has 1 heterocycles. The molecule has 2 nitrogen and oxygen atoms in total. The Hall–Kier alpha value is -1.23. The lowest BCUT2D eigenvalue weighted by atomic mass is 10.1. The van der Waals surface area contributed by atoms with Crippen LogP contribution in [-0.4, -0.2) is 12.5 Å². The molecule has 0 saturated carbocycles. The Kier molecular flexibility index (Phi) is 3.28. The average Bonchev–Trinajstić information content (AvgIpc) is 2.68. The maximum atomic E-state index is 13.7. The Morgan fingerprint density at radius 3 is 2.71 bits per heavy atom. The summed E-state index contributed by atoms with van der Waals surface area (Å²) in [5, 5.41) is 0. The molecule has 0 aliphatic carbocycles. The summed E-state index contributed by atoms with van der Waals surface area (Å²) in [7, 11) is 0. The zero-order chi connectivity index (χ0) is 12.6. The van der Waals surface area contributed by atoms with E-state index in [9.17, 15) is 13.6 Å². The molecule has 1 aromatic rings. The van der Waals surface area contributed by atoms with Crippen LogP contribution >= 0.6 is 15.9 Å². The van der Waals surface area contributed by atoms with Crippen LogP contribution in [0.15, 0.2) is 29.3 Å². The number of hydrogen-bond donors (Lipinski definition) is 0. The van der Waals surface area contributed by atoms with Gasteiger partial charge in [-0.2, -0.15) is 0 Å². The molecule has 1 amide bonds. The topological polar surface area (TPSA) is 20.3 Å². The fourth-order valence-corrected chi connectivity index (χ4v) is 2.16. The molecule has 0 bridgehead atoms. The minimum Gasteiger partial charge on any atom is -0.309 e. The number of anilines is 1. The first-order valence-electron chi connectivity index (χ1n) is 5.11. The third-order valence-electron chi connectivity index (χ3n) is 2.79. The van der Waals surface area contributed by atoms with E-state index in [1.54, 1.807) is 6.08 Å². The van der Waals surface area contributed by atoms with Crippen LogP contribution in [0, 0.1) is 17.6 Å². The van der Waals surface area contributed by atoms with Gasteiger partial charge < -0.3 is 4.90 Å². The number of halogens is 3. The second-order valence-electron chi connectivity index (χ2n) is 3.90. The molecule has 1 aromatic carbocycles. The van der Waals surface area contributed by atoms with Gasteiger partial charge in [-0.1, -0.05) is 6.08 Å². The second kappa shape index (κ2) is 4.56. The summed E-state index contributed by atoms with van der Waals surface area (Å²) in [5.41, 5.74) is -0.0138. The molecule has 0 spiro atoms. The highest BCUT2D eigenvalue weighted by Crippen LogP contribution is 2.31. The van der Waals surface area contributed by atoms with Gasteiger partial charge in [0.15, 0.2) is 11.6 Å². The van der Waals surface area contributed by atoms with Crippen molar-refractivity contribution in [3.05, 3.63) is 40.9 Å². The van der Waals surface area contributed by atoms with Gasteiger partial charge in [-0.05, 0) is 28.1 Å². The average molecular weight is 302 g/mol. The third kappa shape index (κ3) is 2.11. The Balaban J connectivity index is 2.39. The summed E-state index contributed by atoms with van der Waals surface area (Å²) < 4.78 is 27.1. The van der Waals surface area contributed by atoms with Crippen molar-refractivity contribution in [2.45, 2.75) is 6.42 Å². The molecule has 1 aliphatic rings. The van der Waals surface area contributed by atoms with E-state index in [0.29, 0.717) is 13.0 Å². The quantitative estimate of drug-likeness (QED) is 0.606. The summed E-state index contributed by atoms with van der Waals surface area (Å²) in [6.45, 7) is 3.95. The van der Waals surface area contributed by atoms with E-state index in [0.717, 1.165) is 0 Å². The molecule has 1 unspecified atom stereocenters. The van der Waals surface area contributed by atoms with Crippen LogP contribution in [0.4, 0.5) is 14.5 Å². The number of nitrogens with zero attached hydrogens (tertiary/aromatic N) is 1. The van der Waals surface area contributed by atoms with Crippen molar-refractivity contribution in [3.8, 4) is 0 Å². The first-order chi connectivity index (χ1) is 8.04. The predicted molar refractivity (Wildman–Crippen MR) is 64.7 cm³/mol. The molecule has 17 heavy (non-hydrogen) atoms. The van der Waals surface area contributed by atoms with Crippen molar-refractivity contribution in [2.24, 2.45) is 5.92 Å². The van der Waals surface area contributed by atoms with Gasteiger partial charge in [0.25, 0.3) is 0 Å². The molecule has 1 atom stereocenters.